The number of imidazole rings is 1. The SMILES string of the molecule is Cn1cnc2c(Nc3ccn(C4CCCOC4)n3)cc(OC3CCC(N4C[C@H](C(F)(F)F)OC4=O)CC3)cc21. The second-order valence-electron chi connectivity index (χ2n) is 10.5. The molecule has 1 aliphatic carbocycles. The molecule has 4 heterocycles. The molecule has 13 heteroatoms. The number of ether oxygens (including phenoxy) is 3. The van der Waals surface area contributed by atoms with Crippen molar-refractivity contribution >= 4 is 28.6 Å². The predicted octanol–water partition coefficient (Wildman–Crippen LogP) is 4.94. The van der Waals surface area contributed by atoms with Crippen LogP contribution in [0.2, 0.25) is 0 Å². The van der Waals surface area contributed by atoms with Gasteiger partial charge < -0.3 is 29.0 Å². The number of nitrogens with zero attached hydrogens (tertiary/aromatic N) is 5. The monoisotopic (exact) mass is 548 g/mol. The quantitative estimate of drug-likeness (QED) is 0.466. The van der Waals surface area contributed by atoms with Gasteiger partial charge in [-0.1, -0.05) is 0 Å². The number of carbonyl (C=O) groups is 1. The number of aryl methyl sites for hydroxylation is 1. The van der Waals surface area contributed by atoms with Gasteiger partial charge in [-0.15, -0.1) is 0 Å². The second-order valence-corrected chi connectivity index (χ2v) is 10.5. The second kappa shape index (κ2) is 10.2. The average molecular weight is 549 g/mol. The zero-order valence-electron chi connectivity index (χ0n) is 21.6. The van der Waals surface area contributed by atoms with Gasteiger partial charge in [-0.05, 0) is 38.5 Å². The summed E-state index contributed by atoms with van der Waals surface area (Å²) in [7, 11) is 1.91. The topological polar surface area (TPSA) is 95.7 Å². The van der Waals surface area contributed by atoms with Crippen LogP contribution in [0.1, 0.15) is 44.6 Å². The molecule has 3 aliphatic rings. The molecule has 2 saturated heterocycles. The molecule has 1 N–H and O–H groups in total. The molecule has 0 bridgehead atoms. The van der Waals surface area contributed by atoms with E-state index in [-0.39, 0.29) is 18.2 Å². The van der Waals surface area contributed by atoms with Crippen LogP contribution < -0.4 is 10.1 Å². The van der Waals surface area contributed by atoms with Crippen LogP contribution in [-0.2, 0) is 16.5 Å². The third-order valence-electron chi connectivity index (χ3n) is 7.78. The number of nitrogens with one attached hydrogen (secondary N) is 1. The van der Waals surface area contributed by atoms with Crippen molar-refractivity contribution in [3.05, 3.63) is 30.7 Å². The molecule has 0 spiro atoms. The van der Waals surface area contributed by atoms with E-state index in [9.17, 15) is 18.0 Å². The molecule has 1 saturated carbocycles. The lowest BCUT2D eigenvalue weighted by molar-refractivity contribution is -0.192. The third-order valence-corrected chi connectivity index (χ3v) is 7.78. The Kier molecular flexibility index (Phi) is 6.77. The number of cyclic esters (lactones) is 1. The summed E-state index contributed by atoms with van der Waals surface area (Å²) in [6.07, 6.45) is 0.433. The van der Waals surface area contributed by atoms with Gasteiger partial charge >= 0.3 is 12.3 Å². The van der Waals surface area contributed by atoms with Crippen LogP contribution in [0, 0.1) is 0 Å². The lowest BCUT2D eigenvalue weighted by atomic mass is 9.92. The van der Waals surface area contributed by atoms with E-state index in [0.29, 0.717) is 43.9 Å². The Morgan fingerprint density at radius 2 is 1.95 bits per heavy atom. The number of hydrogen-bond donors (Lipinski definition) is 1. The maximum absolute atomic E-state index is 13.0. The highest BCUT2D eigenvalue weighted by atomic mass is 19.4. The first kappa shape index (κ1) is 25.8. The maximum atomic E-state index is 13.0. The van der Waals surface area contributed by atoms with Crippen LogP contribution in [0.15, 0.2) is 30.7 Å². The summed E-state index contributed by atoms with van der Waals surface area (Å²) < 4.78 is 59.4. The molecule has 3 fully saturated rings. The fraction of sp³-hybridized carbons (Fsp3) is 0.577. The summed E-state index contributed by atoms with van der Waals surface area (Å²) in [4.78, 5) is 17.8. The van der Waals surface area contributed by atoms with Gasteiger partial charge in [0.1, 0.15) is 11.3 Å². The van der Waals surface area contributed by atoms with Crippen molar-refractivity contribution in [3.63, 3.8) is 0 Å². The van der Waals surface area contributed by atoms with Gasteiger partial charge in [-0.2, -0.15) is 18.3 Å². The molecule has 0 radical (unpaired) electrons. The Hall–Kier alpha value is -3.48. The van der Waals surface area contributed by atoms with E-state index in [0.717, 1.165) is 36.2 Å². The lowest BCUT2D eigenvalue weighted by Gasteiger charge is -2.33. The summed E-state index contributed by atoms with van der Waals surface area (Å²) in [6.45, 7) is 0.992. The zero-order valence-corrected chi connectivity index (χ0v) is 21.6. The van der Waals surface area contributed by atoms with E-state index >= 15 is 0 Å². The smallest absolute Gasteiger partial charge is 0.427 e. The van der Waals surface area contributed by atoms with Gasteiger partial charge in [0.15, 0.2) is 5.82 Å². The Labute approximate surface area is 223 Å². The Morgan fingerprint density at radius 1 is 1.13 bits per heavy atom. The van der Waals surface area contributed by atoms with E-state index in [1.165, 1.54) is 4.90 Å². The fourth-order valence-electron chi connectivity index (χ4n) is 5.66. The molecule has 2 aromatic heterocycles. The molecule has 39 heavy (non-hydrogen) atoms. The summed E-state index contributed by atoms with van der Waals surface area (Å²) in [6, 6.07) is 5.69. The largest absolute Gasteiger partial charge is 0.490 e. The van der Waals surface area contributed by atoms with Crippen molar-refractivity contribution in [1.82, 2.24) is 24.2 Å². The van der Waals surface area contributed by atoms with Crippen molar-refractivity contribution < 1.29 is 32.2 Å². The molecule has 6 rings (SSSR count). The van der Waals surface area contributed by atoms with Crippen molar-refractivity contribution in [2.24, 2.45) is 7.05 Å². The van der Waals surface area contributed by atoms with Crippen molar-refractivity contribution in [3.8, 4) is 5.75 Å². The molecule has 3 aromatic rings. The highest BCUT2D eigenvalue weighted by Gasteiger charge is 2.51. The molecular formula is C26H31F3N6O4. The maximum Gasteiger partial charge on any atom is 0.427 e. The number of hydrogen-bond acceptors (Lipinski definition) is 7. The highest BCUT2D eigenvalue weighted by molar-refractivity contribution is 5.91. The Bertz CT molecular complexity index is 1330. The van der Waals surface area contributed by atoms with E-state index in [1.54, 1.807) is 6.33 Å². The van der Waals surface area contributed by atoms with Crippen LogP contribution in [0.25, 0.3) is 11.0 Å². The average Bonchev–Trinajstić information content (AvgIpc) is 3.64. The highest BCUT2D eigenvalue weighted by Crippen LogP contribution is 2.36. The number of amides is 1. The number of halogens is 3. The van der Waals surface area contributed by atoms with Gasteiger partial charge in [0.25, 0.3) is 0 Å². The first-order valence-electron chi connectivity index (χ1n) is 13.3. The lowest BCUT2D eigenvalue weighted by Crippen LogP contribution is -2.42. The van der Waals surface area contributed by atoms with Gasteiger partial charge in [-0.25, -0.2) is 9.78 Å². The van der Waals surface area contributed by atoms with E-state index in [4.69, 9.17) is 14.6 Å². The number of carbonyl (C=O) groups excluding carboxylic acids is 1. The minimum absolute atomic E-state index is 0.123. The van der Waals surface area contributed by atoms with E-state index < -0.39 is 24.9 Å². The number of benzene rings is 1. The van der Waals surface area contributed by atoms with Crippen LogP contribution in [0.3, 0.4) is 0 Å². The number of anilines is 2. The van der Waals surface area contributed by atoms with Gasteiger partial charge in [0.05, 0.1) is 42.8 Å². The zero-order chi connectivity index (χ0) is 27.1. The van der Waals surface area contributed by atoms with Gasteiger partial charge in [-0.3, -0.25) is 4.68 Å². The van der Waals surface area contributed by atoms with Crippen LogP contribution in [0.4, 0.5) is 29.5 Å². The van der Waals surface area contributed by atoms with Crippen molar-refractivity contribution in [2.75, 3.05) is 25.1 Å². The van der Waals surface area contributed by atoms with E-state index in [2.05, 4.69) is 15.0 Å². The Balaban J connectivity index is 1.13. The third kappa shape index (κ3) is 5.36. The standard InChI is InChI=1S/C26H31F3N6O4/c1-33-15-30-24-20(31-23-8-9-35(32-23)17-3-2-10-37-14-17)11-19(12-21(24)33)38-18-6-4-16(5-7-18)34-13-22(26(27,28)29)39-25(34)36/h8-9,11-12,15-18,22H,2-7,10,13-14H2,1H3,(H,31,32)/t16?,17?,18?,22-/m1/s1. The van der Waals surface area contributed by atoms with E-state index in [1.807, 2.05) is 40.7 Å². The summed E-state index contributed by atoms with van der Waals surface area (Å²) in [5, 5.41) is 8.08. The first-order valence-corrected chi connectivity index (χ1v) is 13.3. The first-order chi connectivity index (χ1) is 18.7. The number of fused-ring (bicyclic) bond motifs is 1. The molecule has 2 aliphatic heterocycles. The molecule has 10 nitrogen and oxygen atoms in total. The number of alkyl halides is 3. The molecule has 1 unspecified atom stereocenters. The minimum atomic E-state index is -4.55. The summed E-state index contributed by atoms with van der Waals surface area (Å²) in [5.74, 6) is 1.36. The van der Waals surface area contributed by atoms with Crippen LogP contribution >= 0.6 is 0 Å². The van der Waals surface area contributed by atoms with Gasteiger partial charge in [0.2, 0.25) is 6.10 Å². The van der Waals surface area contributed by atoms with Gasteiger partial charge in [0, 0.05) is 44.1 Å². The molecular weight excluding hydrogens is 517 g/mol. The fourth-order valence-corrected chi connectivity index (χ4v) is 5.66. The molecule has 2 atom stereocenters. The summed E-state index contributed by atoms with van der Waals surface area (Å²) in [5.41, 5.74) is 2.44. The molecule has 1 aromatic carbocycles. The number of rotatable bonds is 6. The normalized spacial score (nSPS) is 26.2. The predicted molar refractivity (Wildman–Crippen MR) is 135 cm³/mol. The minimum Gasteiger partial charge on any atom is -0.490 e. The summed E-state index contributed by atoms with van der Waals surface area (Å²) >= 11 is 0. The van der Waals surface area contributed by atoms with Crippen LogP contribution in [0.5, 0.6) is 5.75 Å². The van der Waals surface area contributed by atoms with Crippen molar-refractivity contribution in [1.29, 1.82) is 0 Å². The van der Waals surface area contributed by atoms with Crippen molar-refractivity contribution in [2.45, 2.75) is 69.0 Å². The number of aromatic nitrogens is 4. The molecule has 210 valence electrons. The Morgan fingerprint density at radius 3 is 2.67 bits per heavy atom. The molecule has 1 amide bonds. The van der Waals surface area contributed by atoms with Crippen LogP contribution in [-0.4, -0.2) is 74.5 Å².